The second-order valence-electron chi connectivity index (χ2n) is 5.66. The normalized spacial score (nSPS) is 35.0. The van der Waals surface area contributed by atoms with Crippen molar-refractivity contribution < 1.29 is 8.42 Å². The number of hydrogen-bond acceptors (Lipinski definition) is 4. The van der Waals surface area contributed by atoms with Crippen LogP contribution in [0.5, 0.6) is 0 Å². The van der Waals surface area contributed by atoms with Crippen molar-refractivity contribution in [1.29, 1.82) is 0 Å². The van der Waals surface area contributed by atoms with E-state index >= 15 is 0 Å². The molecule has 2 rings (SSSR count). The fourth-order valence-corrected chi connectivity index (χ4v) is 4.79. The second kappa shape index (κ2) is 5.24. The predicted octanol–water partition coefficient (Wildman–Crippen LogP) is 0.493. The van der Waals surface area contributed by atoms with Crippen molar-refractivity contribution in [2.24, 2.45) is 5.92 Å². The lowest BCUT2D eigenvalue weighted by Gasteiger charge is -2.44. The highest BCUT2D eigenvalue weighted by Crippen LogP contribution is 2.23. The van der Waals surface area contributed by atoms with E-state index in [1.54, 1.807) is 0 Å². The monoisotopic (exact) mass is 260 g/mol. The second-order valence-corrected chi connectivity index (χ2v) is 7.89. The van der Waals surface area contributed by atoms with Crippen LogP contribution in [0.4, 0.5) is 0 Å². The van der Waals surface area contributed by atoms with Crippen molar-refractivity contribution in [2.45, 2.75) is 38.8 Å². The Morgan fingerprint density at radius 1 is 1.35 bits per heavy atom. The van der Waals surface area contributed by atoms with Crippen molar-refractivity contribution >= 4 is 9.84 Å². The molecule has 5 heteroatoms. The maximum absolute atomic E-state index is 11.7. The van der Waals surface area contributed by atoms with Gasteiger partial charge in [0.05, 0.1) is 11.5 Å². The number of hydrogen-bond donors (Lipinski definition) is 1. The third-order valence-electron chi connectivity index (χ3n) is 4.00. The van der Waals surface area contributed by atoms with E-state index in [1.165, 1.54) is 0 Å². The summed E-state index contributed by atoms with van der Waals surface area (Å²) >= 11 is 0. The maximum Gasteiger partial charge on any atom is 0.151 e. The van der Waals surface area contributed by atoms with Crippen molar-refractivity contribution in [3.63, 3.8) is 0 Å². The molecular weight excluding hydrogens is 236 g/mol. The molecule has 2 atom stereocenters. The van der Waals surface area contributed by atoms with E-state index in [1.807, 2.05) is 0 Å². The molecule has 2 aliphatic rings. The van der Waals surface area contributed by atoms with Crippen molar-refractivity contribution in [1.82, 2.24) is 10.2 Å². The predicted molar refractivity (Wildman–Crippen MR) is 69.9 cm³/mol. The Hall–Kier alpha value is -0.130. The van der Waals surface area contributed by atoms with Gasteiger partial charge in [-0.1, -0.05) is 13.8 Å². The Morgan fingerprint density at radius 2 is 2.12 bits per heavy atom. The minimum Gasteiger partial charge on any atom is -0.314 e. The molecule has 1 N–H and O–H groups in total. The molecular formula is C12H24N2O2S. The van der Waals surface area contributed by atoms with Crippen LogP contribution in [0, 0.1) is 5.92 Å². The summed E-state index contributed by atoms with van der Waals surface area (Å²) in [5.41, 5.74) is 0. The molecule has 0 aromatic carbocycles. The highest BCUT2D eigenvalue weighted by atomic mass is 32.2. The summed E-state index contributed by atoms with van der Waals surface area (Å²) < 4.78 is 23.5. The topological polar surface area (TPSA) is 49.4 Å². The molecule has 2 fully saturated rings. The molecule has 0 bridgehead atoms. The fraction of sp³-hybridized carbons (Fsp3) is 1.00. The summed E-state index contributed by atoms with van der Waals surface area (Å²) in [4.78, 5) is 2.44. The average molecular weight is 260 g/mol. The molecule has 0 aromatic rings. The minimum atomic E-state index is -2.79. The molecule has 0 radical (unpaired) electrons. The number of sulfone groups is 1. The van der Waals surface area contributed by atoms with Gasteiger partial charge in [-0.05, 0) is 18.8 Å². The zero-order chi connectivity index (χ0) is 12.5. The summed E-state index contributed by atoms with van der Waals surface area (Å²) in [7, 11) is -2.79. The first-order chi connectivity index (χ1) is 7.99. The van der Waals surface area contributed by atoms with Gasteiger partial charge in [0.1, 0.15) is 0 Å². The molecule has 2 aliphatic heterocycles. The molecule has 2 saturated heterocycles. The number of nitrogens with one attached hydrogen (secondary N) is 1. The van der Waals surface area contributed by atoms with Gasteiger partial charge in [0.2, 0.25) is 0 Å². The Kier molecular flexibility index (Phi) is 4.10. The third kappa shape index (κ3) is 3.20. The van der Waals surface area contributed by atoms with Gasteiger partial charge in [-0.15, -0.1) is 0 Å². The van der Waals surface area contributed by atoms with Gasteiger partial charge in [0.25, 0.3) is 0 Å². The Balaban J connectivity index is 2.08. The van der Waals surface area contributed by atoms with Gasteiger partial charge in [0.15, 0.2) is 9.84 Å². The SMILES string of the molecule is CC(C)C1CNCCN1C1CCCS(=O)(=O)C1. The zero-order valence-electron chi connectivity index (χ0n) is 10.9. The van der Waals surface area contributed by atoms with Crippen LogP contribution >= 0.6 is 0 Å². The molecule has 0 saturated carbocycles. The van der Waals surface area contributed by atoms with Crippen LogP contribution in [-0.2, 0) is 9.84 Å². The molecule has 0 amide bonds. The number of nitrogens with zero attached hydrogens (tertiary/aromatic N) is 1. The Bertz CT molecular complexity index is 354. The zero-order valence-corrected chi connectivity index (χ0v) is 11.7. The highest BCUT2D eigenvalue weighted by Gasteiger charge is 2.35. The van der Waals surface area contributed by atoms with Crippen molar-refractivity contribution in [3.05, 3.63) is 0 Å². The summed E-state index contributed by atoms with van der Waals surface area (Å²) in [6.45, 7) is 7.42. The lowest BCUT2D eigenvalue weighted by Crippen LogP contribution is -2.59. The van der Waals surface area contributed by atoms with E-state index in [4.69, 9.17) is 0 Å². The third-order valence-corrected chi connectivity index (χ3v) is 5.81. The smallest absolute Gasteiger partial charge is 0.151 e. The fourth-order valence-electron chi connectivity index (χ4n) is 3.07. The quantitative estimate of drug-likeness (QED) is 0.785. The van der Waals surface area contributed by atoms with Crippen LogP contribution in [0.2, 0.25) is 0 Å². The van der Waals surface area contributed by atoms with E-state index in [2.05, 4.69) is 24.1 Å². The van der Waals surface area contributed by atoms with Crippen molar-refractivity contribution in [3.8, 4) is 0 Å². The molecule has 0 aromatic heterocycles. The van der Waals surface area contributed by atoms with Gasteiger partial charge in [-0.25, -0.2) is 8.42 Å². The van der Waals surface area contributed by atoms with E-state index in [0.717, 1.165) is 32.5 Å². The maximum atomic E-state index is 11.7. The van der Waals surface area contributed by atoms with Crippen LogP contribution < -0.4 is 5.32 Å². The molecule has 2 unspecified atom stereocenters. The summed E-state index contributed by atoms with van der Waals surface area (Å²) in [6, 6.07) is 0.741. The van der Waals surface area contributed by atoms with Gasteiger partial charge in [-0.2, -0.15) is 0 Å². The molecule has 100 valence electrons. The lowest BCUT2D eigenvalue weighted by atomic mass is 9.97. The van der Waals surface area contributed by atoms with Gasteiger partial charge < -0.3 is 5.32 Å². The highest BCUT2D eigenvalue weighted by molar-refractivity contribution is 7.91. The summed E-state index contributed by atoms with van der Waals surface area (Å²) in [5.74, 6) is 1.34. The molecule has 0 aliphatic carbocycles. The molecule has 17 heavy (non-hydrogen) atoms. The first-order valence-corrected chi connectivity index (χ1v) is 8.48. The van der Waals surface area contributed by atoms with E-state index < -0.39 is 9.84 Å². The van der Waals surface area contributed by atoms with Crippen LogP contribution in [0.15, 0.2) is 0 Å². The van der Waals surface area contributed by atoms with Crippen LogP contribution in [0.1, 0.15) is 26.7 Å². The van der Waals surface area contributed by atoms with Gasteiger partial charge in [-0.3, -0.25) is 4.90 Å². The lowest BCUT2D eigenvalue weighted by molar-refractivity contribution is 0.0798. The van der Waals surface area contributed by atoms with Gasteiger partial charge in [0, 0.05) is 31.7 Å². The van der Waals surface area contributed by atoms with E-state index in [0.29, 0.717) is 23.5 Å². The minimum absolute atomic E-state index is 0.253. The van der Waals surface area contributed by atoms with Crippen LogP contribution in [-0.4, -0.2) is 56.5 Å². The molecule has 4 nitrogen and oxygen atoms in total. The van der Waals surface area contributed by atoms with E-state index in [-0.39, 0.29) is 6.04 Å². The van der Waals surface area contributed by atoms with Crippen molar-refractivity contribution in [2.75, 3.05) is 31.1 Å². The van der Waals surface area contributed by atoms with Crippen LogP contribution in [0.3, 0.4) is 0 Å². The Morgan fingerprint density at radius 3 is 2.76 bits per heavy atom. The molecule has 2 heterocycles. The largest absolute Gasteiger partial charge is 0.314 e. The first kappa shape index (κ1) is 13.3. The standard InChI is InChI=1S/C12H24N2O2S/c1-10(2)12-8-13-5-6-14(12)11-4-3-7-17(15,16)9-11/h10-13H,3-9H2,1-2H3. The summed E-state index contributed by atoms with van der Waals surface area (Å²) in [5, 5.41) is 3.41. The summed E-state index contributed by atoms with van der Waals surface area (Å²) in [6.07, 6.45) is 1.88. The first-order valence-electron chi connectivity index (χ1n) is 6.66. The van der Waals surface area contributed by atoms with Gasteiger partial charge >= 0.3 is 0 Å². The average Bonchev–Trinajstić information content (AvgIpc) is 2.27. The molecule has 0 spiro atoms. The number of piperazine rings is 1. The number of rotatable bonds is 2. The van der Waals surface area contributed by atoms with Crippen LogP contribution in [0.25, 0.3) is 0 Å². The Labute approximate surface area is 105 Å². The van der Waals surface area contributed by atoms with E-state index in [9.17, 15) is 8.42 Å².